The summed E-state index contributed by atoms with van der Waals surface area (Å²) in [6.07, 6.45) is 1.73. The molecule has 0 aliphatic carbocycles. The van der Waals surface area contributed by atoms with Gasteiger partial charge in [-0.2, -0.15) is 0 Å². The van der Waals surface area contributed by atoms with Crippen molar-refractivity contribution in [1.82, 2.24) is 15.0 Å². The van der Waals surface area contributed by atoms with Gasteiger partial charge in [-0.3, -0.25) is 0 Å². The molecule has 124 valence electrons. The lowest BCUT2D eigenvalue weighted by molar-refractivity contribution is 0.395. The van der Waals surface area contributed by atoms with Crippen molar-refractivity contribution in [1.29, 1.82) is 0 Å². The number of aryl methyl sites for hydroxylation is 2. The number of nitrogens with one attached hydrogen (secondary N) is 1. The Morgan fingerprint density at radius 3 is 2.29 bits per heavy atom. The summed E-state index contributed by atoms with van der Waals surface area (Å²) in [4.78, 5) is 14.4. The molecule has 0 saturated heterocycles. The van der Waals surface area contributed by atoms with Crippen LogP contribution in [0.15, 0.2) is 30.5 Å². The number of thiazole rings is 1. The molecule has 1 aromatic carbocycles. The number of ether oxygens (including phenoxy) is 2. The fourth-order valence-electron chi connectivity index (χ4n) is 2.32. The molecule has 0 aliphatic heterocycles. The maximum atomic E-state index is 5.28. The van der Waals surface area contributed by atoms with Gasteiger partial charge < -0.3 is 14.8 Å². The van der Waals surface area contributed by atoms with Crippen LogP contribution in [0.25, 0.3) is 10.6 Å². The van der Waals surface area contributed by atoms with Gasteiger partial charge in [0.15, 0.2) is 0 Å². The number of hydrogen-bond donors (Lipinski definition) is 1. The summed E-state index contributed by atoms with van der Waals surface area (Å²) >= 11 is 1.63. The van der Waals surface area contributed by atoms with Crippen molar-refractivity contribution < 1.29 is 9.47 Å². The lowest BCUT2D eigenvalue weighted by Crippen LogP contribution is -1.99. The molecule has 0 fully saturated rings. The Balaban J connectivity index is 1.91. The summed E-state index contributed by atoms with van der Waals surface area (Å²) in [6.45, 7) is 3.98. The maximum absolute atomic E-state index is 5.28. The van der Waals surface area contributed by atoms with E-state index in [9.17, 15) is 0 Å². The van der Waals surface area contributed by atoms with Crippen molar-refractivity contribution in [2.45, 2.75) is 13.8 Å². The van der Waals surface area contributed by atoms with Gasteiger partial charge >= 0.3 is 0 Å². The molecule has 3 rings (SSSR count). The first-order valence-corrected chi connectivity index (χ1v) is 8.18. The van der Waals surface area contributed by atoms with E-state index in [1.165, 1.54) is 0 Å². The SMILES string of the molecule is COc1cc(Nc2nccc(-c3sc(C)nc3C)n2)cc(OC)c1. The molecular weight excluding hydrogens is 324 g/mol. The van der Waals surface area contributed by atoms with Gasteiger partial charge in [-0.15, -0.1) is 11.3 Å². The number of anilines is 2. The van der Waals surface area contributed by atoms with Crippen molar-refractivity contribution in [3.63, 3.8) is 0 Å². The van der Waals surface area contributed by atoms with Crippen molar-refractivity contribution in [3.05, 3.63) is 41.2 Å². The van der Waals surface area contributed by atoms with Crippen molar-refractivity contribution in [3.8, 4) is 22.1 Å². The summed E-state index contributed by atoms with van der Waals surface area (Å²) in [5.74, 6) is 1.90. The second-order valence-corrected chi connectivity index (χ2v) is 6.34. The molecule has 0 spiro atoms. The van der Waals surface area contributed by atoms with E-state index in [0.717, 1.165) is 27.0 Å². The van der Waals surface area contributed by atoms with Crippen LogP contribution in [-0.2, 0) is 0 Å². The highest BCUT2D eigenvalue weighted by molar-refractivity contribution is 7.15. The first kappa shape index (κ1) is 16.2. The molecule has 0 aliphatic rings. The highest BCUT2D eigenvalue weighted by atomic mass is 32.1. The predicted octanol–water partition coefficient (Wildman–Crippen LogP) is 3.98. The summed E-state index contributed by atoms with van der Waals surface area (Å²) in [5.41, 5.74) is 2.62. The Morgan fingerprint density at radius 2 is 1.71 bits per heavy atom. The molecule has 2 aromatic heterocycles. The molecular formula is C17H18N4O2S. The fraction of sp³-hybridized carbons (Fsp3) is 0.235. The van der Waals surface area contributed by atoms with Crippen LogP contribution in [0.5, 0.6) is 11.5 Å². The third-order valence-corrected chi connectivity index (χ3v) is 4.49. The van der Waals surface area contributed by atoms with Gasteiger partial charge in [0.2, 0.25) is 5.95 Å². The van der Waals surface area contributed by atoms with E-state index >= 15 is 0 Å². The average Bonchev–Trinajstić information content (AvgIpc) is 2.93. The molecule has 0 unspecified atom stereocenters. The van der Waals surface area contributed by atoms with Crippen LogP contribution >= 0.6 is 11.3 Å². The molecule has 0 bridgehead atoms. The number of nitrogens with zero attached hydrogens (tertiary/aromatic N) is 3. The number of methoxy groups -OCH3 is 2. The minimum atomic E-state index is 0.508. The van der Waals surface area contributed by atoms with E-state index in [1.807, 2.05) is 38.1 Å². The average molecular weight is 342 g/mol. The molecule has 0 atom stereocenters. The largest absolute Gasteiger partial charge is 0.497 e. The quantitative estimate of drug-likeness (QED) is 0.756. The molecule has 7 heteroatoms. The zero-order valence-corrected chi connectivity index (χ0v) is 14.8. The third kappa shape index (κ3) is 3.46. The number of benzene rings is 1. The summed E-state index contributed by atoms with van der Waals surface area (Å²) in [5, 5.41) is 4.21. The van der Waals surface area contributed by atoms with E-state index in [0.29, 0.717) is 17.4 Å². The summed E-state index contributed by atoms with van der Waals surface area (Å²) in [6, 6.07) is 7.42. The van der Waals surface area contributed by atoms with Crippen LogP contribution in [-0.4, -0.2) is 29.2 Å². The fourth-order valence-corrected chi connectivity index (χ4v) is 3.21. The Hall–Kier alpha value is -2.67. The number of hydrogen-bond acceptors (Lipinski definition) is 7. The topological polar surface area (TPSA) is 69.2 Å². The van der Waals surface area contributed by atoms with Crippen LogP contribution in [0.2, 0.25) is 0 Å². The van der Waals surface area contributed by atoms with E-state index < -0.39 is 0 Å². The van der Waals surface area contributed by atoms with Crippen LogP contribution in [0.1, 0.15) is 10.7 Å². The molecule has 24 heavy (non-hydrogen) atoms. The molecule has 0 amide bonds. The van der Waals surface area contributed by atoms with Crippen LogP contribution in [0.3, 0.4) is 0 Å². The van der Waals surface area contributed by atoms with Gasteiger partial charge in [-0.1, -0.05) is 0 Å². The smallest absolute Gasteiger partial charge is 0.227 e. The molecule has 2 heterocycles. The Kier molecular flexibility index (Phi) is 4.61. The second kappa shape index (κ2) is 6.84. The van der Waals surface area contributed by atoms with Crippen LogP contribution in [0.4, 0.5) is 11.6 Å². The Morgan fingerprint density at radius 1 is 1.00 bits per heavy atom. The summed E-state index contributed by atoms with van der Waals surface area (Å²) < 4.78 is 10.6. The highest BCUT2D eigenvalue weighted by Gasteiger charge is 2.10. The highest BCUT2D eigenvalue weighted by Crippen LogP contribution is 2.30. The lowest BCUT2D eigenvalue weighted by Gasteiger charge is -2.10. The van der Waals surface area contributed by atoms with Gasteiger partial charge in [-0.25, -0.2) is 15.0 Å². The predicted molar refractivity (Wildman–Crippen MR) is 95.4 cm³/mol. The van der Waals surface area contributed by atoms with Crippen LogP contribution in [0, 0.1) is 13.8 Å². The lowest BCUT2D eigenvalue weighted by atomic mass is 10.2. The standard InChI is InChI=1S/C17H18N4O2S/c1-10-16(24-11(2)19-10)15-5-6-18-17(21-15)20-12-7-13(22-3)9-14(8-12)23-4/h5-9H,1-4H3,(H,18,20,21). The first-order chi connectivity index (χ1) is 11.6. The zero-order valence-electron chi connectivity index (χ0n) is 14.0. The second-order valence-electron chi connectivity index (χ2n) is 5.14. The summed E-state index contributed by atoms with van der Waals surface area (Å²) in [7, 11) is 3.23. The molecule has 6 nitrogen and oxygen atoms in total. The normalized spacial score (nSPS) is 10.5. The number of aromatic nitrogens is 3. The van der Waals surface area contributed by atoms with E-state index in [2.05, 4.69) is 20.3 Å². The Labute approximate surface area is 144 Å². The van der Waals surface area contributed by atoms with Crippen molar-refractivity contribution in [2.75, 3.05) is 19.5 Å². The van der Waals surface area contributed by atoms with E-state index in [4.69, 9.17) is 9.47 Å². The van der Waals surface area contributed by atoms with Gasteiger partial charge in [0.1, 0.15) is 11.5 Å². The Bertz CT molecular complexity index is 841. The first-order valence-electron chi connectivity index (χ1n) is 7.36. The third-order valence-electron chi connectivity index (χ3n) is 3.40. The molecule has 3 aromatic rings. The molecule has 0 radical (unpaired) electrons. The monoisotopic (exact) mass is 342 g/mol. The molecule has 0 saturated carbocycles. The van der Waals surface area contributed by atoms with Gasteiger partial charge in [0.05, 0.1) is 35.5 Å². The minimum absolute atomic E-state index is 0.508. The van der Waals surface area contributed by atoms with E-state index in [1.54, 1.807) is 31.8 Å². The minimum Gasteiger partial charge on any atom is -0.497 e. The molecule has 1 N–H and O–H groups in total. The maximum Gasteiger partial charge on any atom is 0.227 e. The van der Waals surface area contributed by atoms with Crippen molar-refractivity contribution >= 4 is 23.0 Å². The number of rotatable bonds is 5. The van der Waals surface area contributed by atoms with Crippen LogP contribution < -0.4 is 14.8 Å². The van der Waals surface area contributed by atoms with Gasteiger partial charge in [-0.05, 0) is 19.9 Å². The van der Waals surface area contributed by atoms with Gasteiger partial charge in [0.25, 0.3) is 0 Å². The zero-order chi connectivity index (χ0) is 17.1. The van der Waals surface area contributed by atoms with E-state index in [-0.39, 0.29) is 0 Å². The van der Waals surface area contributed by atoms with Crippen molar-refractivity contribution in [2.24, 2.45) is 0 Å². The van der Waals surface area contributed by atoms with Gasteiger partial charge in [0, 0.05) is 30.1 Å².